The number of methoxy groups -OCH3 is 1. The van der Waals surface area contributed by atoms with E-state index in [0.29, 0.717) is 28.7 Å². The van der Waals surface area contributed by atoms with Gasteiger partial charge < -0.3 is 20.3 Å². The van der Waals surface area contributed by atoms with E-state index in [9.17, 15) is 14.4 Å². The molecule has 4 rings (SSSR count). The van der Waals surface area contributed by atoms with E-state index < -0.39 is 0 Å². The predicted molar refractivity (Wildman–Crippen MR) is 128 cm³/mol. The van der Waals surface area contributed by atoms with Crippen molar-refractivity contribution < 1.29 is 19.1 Å². The molecule has 0 saturated heterocycles. The van der Waals surface area contributed by atoms with Gasteiger partial charge in [-0.3, -0.25) is 19.4 Å². The van der Waals surface area contributed by atoms with Gasteiger partial charge in [0, 0.05) is 23.2 Å². The number of hydrogen-bond donors (Lipinski definition) is 2. The van der Waals surface area contributed by atoms with Gasteiger partial charge in [0.15, 0.2) is 5.13 Å². The number of ether oxygens (including phenoxy) is 1. The van der Waals surface area contributed by atoms with Gasteiger partial charge in [0.05, 0.1) is 31.5 Å². The number of rotatable bonds is 10. The Balaban J connectivity index is 1.29. The smallest absolute Gasteiger partial charge is 0.254 e. The van der Waals surface area contributed by atoms with Gasteiger partial charge in [-0.2, -0.15) is 0 Å². The van der Waals surface area contributed by atoms with E-state index in [1.165, 1.54) is 11.3 Å². The lowest BCUT2D eigenvalue weighted by Crippen LogP contribution is -2.39. The van der Waals surface area contributed by atoms with Gasteiger partial charge in [0.1, 0.15) is 12.3 Å². The Morgan fingerprint density at radius 2 is 1.88 bits per heavy atom. The second-order valence-corrected chi connectivity index (χ2v) is 8.72. The number of anilines is 1. The lowest BCUT2D eigenvalue weighted by molar-refractivity contribution is -0.120. The minimum Gasteiger partial charge on any atom is -0.497 e. The molecule has 0 radical (unpaired) electrons. The average Bonchev–Trinajstić information content (AvgIpc) is 3.61. The van der Waals surface area contributed by atoms with Gasteiger partial charge >= 0.3 is 0 Å². The topological polar surface area (TPSA) is 114 Å². The number of benzene rings is 1. The van der Waals surface area contributed by atoms with Crippen molar-refractivity contribution in [3.8, 4) is 5.75 Å². The summed E-state index contributed by atoms with van der Waals surface area (Å²) in [7, 11) is 1.57. The predicted octanol–water partition coefficient (Wildman–Crippen LogP) is 2.65. The molecular weight excluding hydrogens is 454 g/mol. The van der Waals surface area contributed by atoms with Crippen LogP contribution < -0.4 is 15.4 Å². The van der Waals surface area contributed by atoms with Crippen molar-refractivity contribution in [2.75, 3.05) is 19.0 Å². The summed E-state index contributed by atoms with van der Waals surface area (Å²) >= 11 is 1.24. The summed E-state index contributed by atoms with van der Waals surface area (Å²) in [6.45, 7) is 0.279. The van der Waals surface area contributed by atoms with Crippen molar-refractivity contribution >= 4 is 34.2 Å². The van der Waals surface area contributed by atoms with Crippen LogP contribution >= 0.6 is 11.3 Å². The fourth-order valence-corrected chi connectivity index (χ4v) is 4.06. The summed E-state index contributed by atoms with van der Waals surface area (Å²) in [4.78, 5) is 47.9. The number of hydrogen-bond acceptors (Lipinski definition) is 7. The molecule has 1 aliphatic rings. The van der Waals surface area contributed by atoms with Crippen molar-refractivity contribution in [3.05, 3.63) is 71.0 Å². The maximum Gasteiger partial charge on any atom is 0.254 e. The summed E-state index contributed by atoms with van der Waals surface area (Å²) in [6.07, 6.45) is 3.53. The van der Waals surface area contributed by atoms with Crippen LogP contribution in [0.2, 0.25) is 0 Å². The van der Waals surface area contributed by atoms with Crippen LogP contribution in [0, 0.1) is 0 Å². The van der Waals surface area contributed by atoms with E-state index in [1.807, 2.05) is 18.2 Å². The highest BCUT2D eigenvalue weighted by Gasteiger charge is 2.34. The highest BCUT2D eigenvalue weighted by Crippen LogP contribution is 2.28. The minimum absolute atomic E-state index is 0.0605. The molecule has 1 saturated carbocycles. The fraction of sp³-hybridized carbons (Fsp3) is 0.292. The molecular formula is C24H25N5O4S. The average molecular weight is 480 g/mol. The van der Waals surface area contributed by atoms with E-state index in [0.717, 1.165) is 18.5 Å². The molecule has 1 aromatic carbocycles. The van der Waals surface area contributed by atoms with Crippen LogP contribution in [0.25, 0.3) is 0 Å². The lowest BCUT2D eigenvalue weighted by Gasteiger charge is -2.21. The molecule has 1 fully saturated rings. The van der Waals surface area contributed by atoms with E-state index in [4.69, 9.17) is 4.74 Å². The largest absolute Gasteiger partial charge is 0.497 e. The Kier molecular flexibility index (Phi) is 7.48. The zero-order valence-corrected chi connectivity index (χ0v) is 19.5. The van der Waals surface area contributed by atoms with Crippen LogP contribution in [0.3, 0.4) is 0 Å². The zero-order valence-electron chi connectivity index (χ0n) is 18.7. The normalized spacial score (nSPS) is 12.6. The third-order valence-corrected chi connectivity index (χ3v) is 6.04. The van der Waals surface area contributed by atoms with Crippen LogP contribution in [0.4, 0.5) is 5.13 Å². The first-order valence-electron chi connectivity index (χ1n) is 10.9. The molecule has 3 amide bonds. The summed E-state index contributed by atoms with van der Waals surface area (Å²) in [5, 5.41) is 7.67. The summed E-state index contributed by atoms with van der Waals surface area (Å²) < 4.78 is 5.14. The molecule has 34 heavy (non-hydrogen) atoms. The van der Waals surface area contributed by atoms with Gasteiger partial charge in [-0.25, -0.2) is 4.98 Å². The first kappa shape index (κ1) is 23.4. The number of nitrogens with one attached hydrogen (secondary N) is 2. The molecule has 9 nitrogen and oxygen atoms in total. The van der Waals surface area contributed by atoms with Gasteiger partial charge in [-0.05, 0) is 49.2 Å². The maximum absolute atomic E-state index is 12.9. The van der Waals surface area contributed by atoms with Gasteiger partial charge in [0.25, 0.3) is 5.91 Å². The molecule has 10 heteroatoms. The molecule has 3 aromatic rings. The fourth-order valence-electron chi connectivity index (χ4n) is 3.33. The van der Waals surface area contributed by atoms with Crippen LogP contribution in [0.1, 0.15) is 34.6 Å². The number of carbonyl (C=O) groups excluding carboxylic acids is 3. The first-order chi connectivity index (χ1) is 16.5. The standard InChI is InChI=1S/C24H25N5O4S/c1-33-20-9-5-16(6-10-20)23(32)29(19-7-8-19)14-22(31)28-24-27-18(15-34-24)12-21(30)26-13-17-4-2-3-11-25-17/h2-6,9-11,15,19H,7-8,12-14H2,1H3,(H,26,30)(H,27,28,31). The van der Waals surface area contributed by atoms with E-state index >= 15 is 0 Å². The molecule has 0 atom stereocenters. The van der Waals surface area contributed by atoms with Crippen molar-refractivity contribution in [2.24, 2.45) is 0 Å². The Morgan fingerprint density at radius 1 is 1.09 bits per heavy atom. The number of nitrogens with zero attached hydrogens (tertiary/aromatic N) is 3. The lowest BCUT2D eigenvalue weighted by atomic mass is 10.2. The summed E-state index contributed by atoms with van der Waals surface area (Å²) in [5.41, 5.74) is 1.84. The highest BCUT2D eigenvalue weighted by atomic mass is 32.1. The Hall–Kier alpha value is -3.79. The molecule has 2 heterocycles. The number of amides is 3. The van der Waals surface area contributed by atoms with Crippen LogP contribution in [0.15, 0.2) is 54.0 Å². The van der Waals surface area contributed by atoms with E-state index in [2.05, 4.69) is 20.6 Å². The molecule has 1 aliphatic carbocycles. The van der Waals surface area contributed by atoms with Gasteiger partial charge in [-0.1, -0.05) is 6.07 Å². The highest BCUT2D eigenvalue weighted by molar-refractivity contribution is 7.13. The molecule has 176 valence electrons. The van der Waals surface area contributed by atoms with Crippen molar-refractivity contribution in [1.82, 2.24) is 20.2 Å². The number of pyridine rings is 1. The molecule has 0 bridgehead atoms. The SMILES string of the molecule is COc1ccc(C(=O)N(CC(=O)Nc2nc(CC(=O)NCc3ccccn3)cs2)C2CC2)cc1. The van der Waals surface area contributed by atoms with Gasteiger partial charge in [-0.15, -0.1) is 11.3 Å². The molecule has 0 spiro atoms. The minimum atomic E-state index is -0.325. The maximum atomic E-state index is 12.9. The van der Waals surface area contributed by atoms with E-state index in [-0.39, 0.29) is 36.7 Å². The second kappa shape index (κ2) is 10.9. The van der Waals surface area contributed by atoms with Crippen LogP contribution in [-0.4, -0.2) is 52.3 Å². The third-order valence-electron chi connectivity index (χ3n) is 5.23. The molecule has 2 N–H and O–H groups in total. The number of carbonyl (C=O) groups is 3. The van der Waals surface area contributed by atoms with Crippen molar-refractivity contribution in [2.45, 2.75) is 31.8 Å². The van der Waals surface area contributed by atoms with E-state index in [1.54, 1.807) is 47.9 Å². The van der Waals surface area contributed by atoms with Crippen molar-refractivity contribution in [1.29, 1.82) is 0 Å². The third kappa shape index (κ3) is 6.38. The van der Waals surface area contributed by atoms with Crippen LogP contribution in [0.5, 0.6) is 5.75 Å². The molecule has 0 unspecified atom stereocenters. The molecule has 2 aromatic heterocycles. The zero-order chi connectivity index (χ0) is 23.9. The quantitative estimate of drug-likeness (QED) is 0.462. The first-order valence-corrected chi connectivity index (χ1v) is 11.8. The van der Waals surface area contributed by atoms with Gasteiger partial charge in [0.2, 0.25) is 11.8 Å². The van der Waals surface area contributed by atoms with Crippen LogP contribution in [-0.2, 0) is 22.6 Å². The number of thiazole rings is 1. The summed E-state index contributed by atoms with van der Waals surface area (Å²) in [5.74, 6) is -0.0324. The Morgan fingerprint density at radius 3 is 2.56 bits per heavy atom. The molecule has 0 aliphatic heterocycles. The monoisotopic (exact) mass is 479 g/mol. The summed E-state index contributed by atoms with van der Waals surface area (Å²) in [6, 6.07) is 12.4. The van der Waals surface area contributed by atoms with Crippen molar-refractivity contribution in [3.63, 3.8) is 0 Å². The number of aromatic nitrogens is 2. The Bertz CT molecular complexity index is 1150. The second-order valence-electron chi connectivity index (χ2n) is 7.86. The Labute approximate surface area is 201 Å².